The Hall–Kier alpha value is -5.31. The first-order chi connectivity index (χ1) is 25.4. The third kappa shape index (κ3) is 13.0. The van der Waals surface area contributed by atoms with Crippen LogP contribution in [0.25, 0.3) is 0 Å². The van der Waals surface area contributed by atoms with Gasteiger partial charge in [-0.05, 0) is 38.7 Å². The van der Waals surface area contributed by atoms with Crippen LogP contribution >= 0.6 is 0 Å². The fraction of sp³-hybridized carbons (Fsp3) is 0.513. The molecule has 0 aliphatic carbocycles. The topological polar surface area (TPSA) is 221 Å². The summed E-state index contributed by atoms with van der Waals surface area (Å²) >= 11 is 0. The van der Waals surface area contributed by atoms with Crippen LogP contribution in [0, 0.1) is 17.8 Å². The molecule has 8 unspecified atom stereocenters. The lowest BCUT2D eigenvalue weighted by Gasteiger charge is -2.27. The van der Waals surface area contributed by atoms with Crippen molar-refractivity contribution in [3.8, 4) is 0 Å². The van der Waals surface area contributed by atoms with E-state index in [-0.39, 0.29) is 30.6 Å². The van der Waals surface area contributed by atoms with Crippen molar-refractivity contribution in [2.75, 3.05) is 14.2 Å². The number of benzene rings is 1. The van der Waals surface area contributed by atoms with Gasteiger partial charge in [0.1, 0.15) is 23.8 Å². The van der Waals surface area contributed by atoms with Crippen LogP contribution in [0.3, 0.4) is 0 Å². The molecule has 1 aliphatic rings. The highest BCUT2D eigenvalue weighted by atomic mass is 16.5. The summed E-state index contributed by atoms with van der Waals surface area (Å²) in [6.45, 7) is 9.70. The standard InChI is InChI=1S/C39H55N5O10/c1-9-27-36(48)41-28(17-16-22(3)20-23(4)31(54-8)21-26-14-12-11-13-15-26)24(5)34(46)42-29(38(50)51)18-19-32(45)44(7)30(10-2)37(49)43-33(39(52)53)25(6)35(47)40-27/h10-17,20,23-25,27-29,31,33H,9,18-19,21H2,1-8H3,(H,40,47)(H,41,48)(H,42,46)(H,43,49)(H,50,51)(H,52,53). The van der Waals surface area contributed by atoms with E-state index in [1.807, 2.05) is 50.3 Å². The van der Waals surface area contributed by atoms with Crippen molar-refractivity contribution >= 4 is 41.5 Å². The zero-order valence-electron chi connectivity index (χ0n) is 32.3. The van der Waals surface area contributed by atoms with Gasteiger partial charge in [-0.15, -0.1) is 0 Å². The summed E-state index contributed by atoms with van der Waals surface area (Å²) in [5.41, 5.74) is 1.66. The molecule has 1 heterocycles. The van der Waals surface area contributed by atoms with Crippen LogP contribution in [-0.4, -0.2) is 101 Å². The van der Waals surface area contributed by atoms with Gasteiger partial charge in [0.05, 0.1) is 24.0 Å². The van der Waals surface area contributed by atoms with Gasteiger partial charge in [-0.1, -0.05) is 87.9 Å². The summed E-state index contributed by atoms with van der Waals surface area (Å²) in [5.74, 6) is -9.27. The monoisotopic (exact) mass is 753 g/mol. The average molecular weight is 754 g/mol. The summed E-state index contributed by atoms with van der Waals surface area (Å²) in [6, 6.07) is 4.48. The minimum atomic E-state index is -1.74. The van der Waals surface area contributed by atoms with Gasteiger partial charge in [-0.2, -0.15) is 0 Å². The second-order valence-corrected chi connectivity index (χ2v) is 13.5. The fourth-order valence-electron chi connectivity index (χ4n) is 5.96. The Kier molecular flexibility index (Phi) is 17.8. The van der Waals surface area contributed by atoms with Crippen LogP contribution in [0.1, 0.15) is 66.4 Å². The second-order valence-electron chi connectivity index (χ2n) is 13.5. The molecule has 54 heavy (non-hydrogen) atoms. The Bertz CT molecular complexity index is 1610. The molecule has 0 aromatic heterocycles. The molecule has 0 spiro atoms. The van der Waals surface area contributed by atoms with Crippen LogP contribution in [0.4, 0.5) is 0 Å². The van der Waals surface area contributed by atoms with Crippen LogP contribution in [0.2, 0.25) is 0 Å². The number of likely N-dealkylation sites (N-methyl/N-ethyl adjacent to an activating group) is 1. The first-order valence-electron chi connectivity index (χ1n) is 18.0. The lowest BCUT2D eigenvalue weighted by molar-refractivity contribution is -0.146. The van der Waals surface area contributed by atoms with Gasteiger partial charge in [0.25, 0.3) is 5.91 Å². The third-order valence-electron chi connectivity index (χ3n) is 9.53. The smallest absolute Gasteiger partial charge is 0.327 e. The molecule has 1 fully saturated rings. The van der Waals surface area contributed by atoms with Gasteiger partial charge in [0, 0.05) is 26.5 Å². The molecule has 1 aliphatic heterocycles. The molecule has 1 aromatic rings. The van der Waals surface area contributed by atoms with Crippen molar-refractivity contribution in [1.29, 1.82) is 0 Å². The van der Waals surface area contributed by atoms with E-state index in [0.717, 1.165) is 16.0 Å². The van der Waals surface area contributed by atoms with Crippen LogP contribution < -0.4 is 21.3 Å². The molecule has 1 saturated heterocycles. The summed E-state index contributed by atoms with van der Waals surface area (Å²) in [6.07, 6.45) is 6.45. The maximum Gasteiger partial charge on any atom is 0.327 e. The molecule has 2 rings (SSSR count). The Morgan fingerprint density at radius 2 is 1.57 bits per heavy atom. The number of rotatable bonds is 10. The Labute approximate surface area is 316 Å². The number of carbonyl (C=O) groups is 7. The maximum atomic E-state index is 13.7. The number of nitrogens with one attached hydrogen (secondary N) is 4. The molecule has 1 aromatic carbocycles. The van der Waals surface area contributed by atoms with E-state index in [1.54, 1.807) is 26.2 Å². The third-order valence-corrected chi connectivity index (χ3v) is 9.53. The van der Waals surface area contributed by atoms with Crippen LogP contribution in [0.5, 0.6) is 0 Å². The van der Waals surface area contributed by atoms with E-state index in [0.29, 0.717) is 6.42 Å². The van der Waals surface area contributed by atoms with E-state index < -0.39 is 83.9 Å². The number of carbonyl (C=O) groups excluding carboxylic acids is 5. The van der Waals surface area contributed by atoms with E-state index >= 15 is 0 Å². The molecule has 0 saturated carbocycles. The van der Waals surface area contributed by atoms with Crippen molar-refractivity contribution in [2.24, 2.45) is 17.8 Å². The first-order valence-corrected chi connectivity index (χ1v) is 18.0. The highest BCUT2D eigenvalue weighted by Gasteiger charge is 2.36. The van der Waals surface area contributed by atoms with E-state index in [1.165, 1.54) is 33.9 Å². The molecule has 0 radical (unpaired) electrons. The lowest BCUT2D eigenvalue weighted by Crippen LogP contribution is -2.56. The van der Waals surface area contributed by atoms with Gasteiger partial charge >= 0.3 is 11.9 Å². The van der Waals surface area contributed by atoms with E-state index in [4.69, 9.17) is 4.74 Å². The quantitative estimate of drug-likeness (QED) is 0.151. The van der Waals surface area contributed by atoms with Gasteiger partial charge in [-0.3, -0.25) is 24.0 Å². The fourth-order valence-corrected chi connectivity index (χ4v) is 5.96. The number of ether oxygens (including phenoxy) is 1. The van der Waals surface area contributed by atoms with Crippen molar-refractivity contribution in [3.05, 3.63) is 71.5 Å². The number of amides is 5. The zero-order valence-corrected chi connectivity index (χ0v) is 32.3. The molecule has 0 bridgehead atoms. The number of allylic oxidation sites excluding steroid dienone is 3. The molecule has 15 heteroatoms. The minimum Gasteiger partial charge on any atom is -0.480 e. The Morgan fingerprint density at radius 3 is 2.13 bits per heavy atom. The first kappa shape index (κ1) is 44.8. The van der Waals surface area contributed by atoms with Crippen molar-refractivity contribution in [1.82, 2.24) is 26.2 Å². The maximum absolute atomic E-state index is 13.7. The second kappa shape index (κ2) is 21.4. The highest BCUT2D eigenvalue weighted by molar-refractivity contribution is 6.00. The van der Waals surface area contributed by atoms with Crippen LogP contribution in [0.15, 0.2) is 65.9 Å². The molecule has 6 N–H and O–H groups in total. The van der Waals surface area contributed by atoms with Gasteiger partial charge in [0.15, 0.2) is 0 Å². The number of methoxy groups -OCH3 is 1. The summed E-state index contributed by atoms with van der Waals surface area (Å²) in [4.78, 5) is 92.2. The molecule has 296 valence electrons. The lowest BCUT2D eigenvalue weighted by atomic mass is 9.94. The highest BCUT2D eigenvalue weighted by Crippen LogP contribution is 2.18. The molecule has 8 atom stereocenters. The van der Waals surface area contributed by atoms with E-state index in [9.17, 15) is 43.8 Å². The van der Waals surface area contributed by atoms with Crippen LogP contribution in [-0.2, 0) is 44.7 Å². The Morgan fingerprint density at radius 1 is 0.944 bits per heavy atom. The SMILES string of the molecule is CC=C1C(=O)NC(C(=O)O)C(C)C(=O)NC(CC)C(=O)NC(C=CC(C)=CC(C)C(Cc2ccccc2)OC)C(C)C(=O)NC(C(=O)O)CCC(=O)N1C. The molecular weight excluding hydrogens is 698 g/mol. The average Bonchev–Trinajstić information content (AvgIpc) is 3.13. The number of carboxylic acids is 2. The summed E-state index contributed by atoms with van der Waals surface area (Å²) in [7, 11) is 2.90. The minimum absolute atomic E-state index is 0.0345. The number of hydrogen-bond acceptors (Lipinski definition) is 8. The van der Waals surface area contributed by atoms with Crippen molar-refractivity contribution in [3.63, 3.8) is 0 Å². The number of aliphatic carboxylic acids is 2. The van der Waals surface area contributed by atoms with Crippen molar-refractivity contribution < 1.29 is 48.5 Å². The van der Waals surface area contributed by atoms with E-state index in [2.05, 4.69) is 21.3 Å². The van der Waals surface area contributed by atoms with Crippen molar-refractivity contribution in [2.45, 2.75) is 97.5 Å². The normalized spacial score (nSPS) is 26.4. The molecular formula is C39H55N5O10. The number of nitrogens with zero attached hydrogens (tertiary/aromatic N) is 1. The van der Waals surface area contributed by atoms with Gasteiger partial charge < -0.3 is 41.1 Å². The van der Waals surface area contributed by atoms with Gasteiger partial charge in [-0.25, -0.2) is 9.59 Å². The largest absolute Gasteiger partial charge is 0.480 e. The summed E-state index contributed by atoms with van der Waals surface area (Å²) in [5, 5.41) is 29.9. The van der Waals surface area contributed by atoms with Gasteiger partial charge in [0.2, 0.25) is 23.6 Å². The zero-order chi connectivity index (χ0) is 40.7. The number of hydrogen-bond donors (Lipinski definition) is 6. The molecule has 5 amide bonds. The Balaban J connectivity index is 2.53. The molecule has 15 nitrogen and oxygen atoms in total. The number of carboxylic acid groups (broad SMARTS) is 2. The predicted molar refractivity (Wildman–Crippen MR) is 200 cm³/mol. The predicted octanol–water partition coefficient (Wildman–Crippen LogP) is 2.33. The summed E-state index contributed by atoms with van der Waals surface area (Å²) < 4.78 is 5.77.